The third-order valence-electron chi connectivity index (χ3n) is 4.17. The second kappa shape index (κ2) is 6.84. The van der Waals surface area contributed by atoms with Gasteiger partial charge < -0.3 is 10.2 Å². The first-order chi connectivity index (χ1) is 11.9. The molecule has 0 aliphatic carbocycles. The Morgan fingerprint density at radius 2 is 1.92 bits per heavy atom. The van der Waals surface area contributed by atoms with E-state index >= 15 is 0 Å². The van der Waals surface area contributed by atoms with Crippen molar-refractivity contribution in [3.8, 4) is 0 Å². The molecule has 25 heavy (non-hydrogen) atoms. The van der Waals surface area contributed by atoms with Crippen LogP contribution in [0.2, 0.25) is 5.02 Å². The van der Waals surface area contributed by atoms with E-state index in [0.29, 0.717) is 10.7 Å². The van der Waals surface area contributed by atoms with Crippen molar-refractivity contribution >= 4 is 29.1 Å². The molecule has 1 aliphatic rings. The average Bonchev–Trinajstić information content (AvgIpc) is 2.70. The topological polar surface area (TPSA) is 49.4 Å². The number of hydrogen-bond donors (Lipinski definition) is 1. The predicted molar refractivity (Wildman–Crippen MR) is 94.9 cm³/mol. The van der Waals surface area contributed by atoms with Crippen molar-refractivity contribution in [2.75, 3.05) is 11.9 Å². The van der Waals surface area contributed by atoms with Crippen LogP contribution in [-0.4, -0.2) is 23.3 Å². The third-order valence-corrected chi connectivity index (χ3v) is 4.41. The highest BCUT2D eigenvalue weighted by Gasteiger charge is 2.34. The van der Waals surface area contributed by atoms with Gasteiger partial charge >= 0.3 is 0 Å². The lowest BCUT2D eigenvalue weighted by Crippen LogP contribution is -2.41. The number of benzene rings is 2. The summed E-state index contributed by atoms with van der Waals surface area (Å²) in [4.78, 5) is 26.6. The van der Waals surface area contributed by atoms with E-state index in [9.17, 15) is 14.0 Å². The van der Waals surface area contributed by atoms with Crippen LogP contribution in [0.1, 0.15) is 31.0 Å². The van der Waals surface area contributed by atoms with Crippen LogP contribution < -0.4 is 5.32 Å². The molecule has 0 saturated heterocycles. The van der Waals surface area contributed by atoms with Gasteiger partial charge in [0.25, 0.3) is 0 Å². The minimum atomic E-state index is -0.498. The van der Waals surface area contributed by atoms with E-state index in [4.69, 9.17) is 11.6 Å². The molecule has 0 fully saturated rings. The standard InChI is InChI=1S/C19H18ClFN2O2/c1-11(2)19(25)23-10-17(24)22-16-9-13(20)5-8-15(16)18(23)12-3-6-14(21)7-4-12/h3-9,11,18H,10H2,1-2H3,(H,22,24). The van der Waals surface area contributed by atoms with Crippen LogP contribution >= 0.6 is 11.6 Å². The summed E-state index contributed by atoms with van der Waals surface area (Å²) in [5, 5.41) is 3.29. The second-order valence-corrected chi connectivity index (χ2v) is 6.79. The van der Waals surface area contributed by atoms with Crippen molar-refractivity contribution in [3.63, 3.8) is 0 Å². The summed E-state index contributed by atoms with van der Waals surface area (Å²) >= 11 is 6.06. The molecule has 0 spiro atoms. The van der Waals surface area contributed by atoms with Crippen molar-refractivity contribution < 1.29 is 14.0 Å². The third kappa shape index (κ3) is 3.51. The number of amides is 2. The van der Waals surface area contributed by atoms with Crippen LogP contribution in [-0.2, 0) is 9.59 Å². The fraction of sp³-hybridized carbons (Fsp3) is 0.263. The molecule has 4 nitrogen and oxygen atoms in total. The van der Waals surface area contributed by atoms with Crippen LogP contribution in [0.3, 0.4) is 0 Å². The van der Waals surface area contributed by atoms with Crippen molar-refractivity contribution in [2.24, 2.45) is 5.92 Å². The van der Waals surface area contributed by atoms with Crippen molar-refractivity contribution in [1.82, 2.24) is 4.90 Å². The van der Waals surface area contributed by atoms with Gasteiger partial charge in [0.2, 0.25) is 11.8 Å². The van der Waals surface area contributed by atoms with Gasteiger partial charge in [-0.3, -0.25) is 9.59 Å². The number of fused-ring (bicyclic) bond motifs is 1. The largest absolute Gasteiger partial charge is 0.324 e. The number of carbonyl (C=O) groups is 2. The van der Waals surface area contributed by atoms with Crippen LogP contribution in [0.4, 0.5) is 10.1 Å². The number of rotatable bonds is 2. The van der Waals surface area contributed by atoms with Crippen molar-refractivity contribution in [1.29, 1.82) is 0 Å². The van der Waals surface area contributed by atoms with Crippen LogP contribution in [0.25, 0.3) is 0 Å². The number of hydrogen-bond acceptors (Lipinski definition) is 2. The Hall–Kier alpha value is -2.40. The molecule has 1 N–H and O–H groups in total. The number of anilines is 1. The van der Waals surface area contributed by atoms with Gasteiger partial charge in [-0.25, -0.2) is 4.39 Å². The van der Waals surface area contributed by atoms with Gasteiger partial charge in [-0.2, -0.15) is 0 Å². The fourth-order valence-electron chi connectivity index (χ4n) is 3.02. The Morgan fingerprint density at radius 1 is 1.24 bits per heavy atom. The predicted octanol–water partition coefficient (Wildman–Crippen LogP) is 4.01. The van der Waals surface area contributed by atoms with E-state index in [2.05, 4.69) is 5.32 Å². The maximum absolute atomic E-state index is 13.4. The van der Waals surface area contributed by atoms with E-state index in [-0.39, 0.29) is 30.1 Å². The first-order valence-electron chi connectivity index (χ1n) is 8.02. The Kier molecular flexibility index (Phi) is 4.77. The second-order valence-electron chi connectivity index (χ2n) is 6.35. The van der Waals surface area contributed by atoms with Crippen LogP contribution in [0, 0.1) is 11.7 Å². The first kappa shape index (κ1) is 17.4. The zero-order valence-electron chi connectivity index (χ0n) is 13.9. The molecule has 0 saturated carbocycles. The highest BCUT2D eigenvalue weighted by molar-refractivity contribution is 6.31. The number of carbonyl (C=O) groups excluding carboxylic acids is 2. The fourth-order valence-corrected chi connectivity index (χ4v) is 3.19. The lowest BCUT2D eigenvalue weighted by atomic mass is 9.95. The quantitative estimate of drug-likeness (QED) is 0.879. The van der Waals surface area contributed by atoms with Crippen LogP contribution in [0.15, 0.2) is 42.5 Å². The molecule has 0 bridgehead atoms. The zero-order chi connectivity index (χ0) is 18.1. The normalized spacial score (nSPS) is 17.1. The summed E-state index contributed by atoms with van der Waals surface area (Å²) in [5.41, 5.74) is 2.04. The Balaban J connectivity index is 2.19. The Labute approximate surface area is 150 Å². The molecular formula is C19H18ClFN2O2. The summed E-state index contributed by atoms with van der Waals surface area (Å²) < 4.78 is 13.4. The molecule has 1 aliphatic heterocycles. The summed E-state index contributed by atoms with van der Waals surface area (Å²) in [7, 11) is 0. The van der Waals surface area contributed by atoms with Crippen molar-refractivity contribution in [3.05, 3.63) is 64.4 Å². The minimum Gasteiger partial charge on any atom is -0.324 e. The monoisotopic (exact) mass is 360 g/mol. The van der Waals surface area contributed by atoms with E-state index in [1.165, 1.54) is 17.0 Å². The van der Waals surface area contributed by atoms with Gasteiger partial charge in [-0.05, 0) is 29.8 Å². The molecule has 6 heteroatoms. The number of nitrogens with one attached hydrogen (secondary N) is 1. The summed E-state index contributed by atoms with van der Waals surface area (Å²) in [5.74, 6) is -1.07. The summed E-state index contributed by atoms with van der Waals surface area (Å²) in [6.07, 6.45) is 0. The van der Waals surface area contributed by atoms with Gasteiger partial charge in [-0.15, -0.1) is 0 Å². The molecule has 1 atom stereocenters. The van der Waals surface area contributed by atoms with Gasteiger partial charge in [0.1, 0.15) is 12.4 Å². The lowest BCUT2D eigenvalue weighted by Gasteiger charge is -2.32. The van der Waals surface area contributed by atoms with Gasteiger partial charge in [0.05, 0.1) is 6.04 Å². The average molecular weight is 361 g/mol. The molecular weight excluding hydrogens is 343 g/mol. The Morgan fingerprint density at radius 3 is 2.56 bits per heavy atom. The molecule has 1 unspecified atom stereocenters. The smallest absolute Gasteiger partial charge is 0.244 e. The van der Waals surface area contributed by atoms with E-state index < -0.39 is 6.04 Å². The minimum absolute atomic E-state index is 0.0780. The highest BCUT2D eigenvalue weighted by atomic mass is 35.5. The van der Waals surface area contributed by atoms with Crippen molar-refractivity contribution in [2.45, 2.75) is 19.9 Å². The SMILES string of the molecule is CC(C)C(=O)N1CC(=O)Nc2cc(Cl)ccc2C1c1ccc(F)cc1. The molecule has 0 aromatic heterocycles. The van der Waals surface area contributed by atoms with Crippen LogP contribution in [0.5, 0.6) is 0 Å². The summed E-state index contributed by atoms with van der Waals surface area (Å²) in [6, 6.07) is 10.6. The maximum atomic E-state index is 13.4. The molecule has 130 valence electrons. The molecule has 2 aromatic carbocycles. The maximum Gasteiger partial charge on any atom is 0.244 e. The molecule has 2 aromatic rings. The van der Waals surface area contributed by atoms with E-state index in [0.717, 1.165) is 11.1 Å². The molecule has 3 rings (SSSR count). The zero-order valence-corrected chi connectivity index (χ0v) is 14.7. The molecule has 0 radical (unpaired) electrons. The van der Waals surface area contributed by atoms with Gasteiger partial charge in [0, 0.05) is 22.2 Å². The summed E-state index contributed by atoms with van der Waals surface area (Å²) in [6.45, 7) is 3.50. The molecule has 1 heterocycles. The van der Waals surface area contributed by atoms with Gasteiger partial charge in [-0.1, -0.05) is 43.6 Å². The highest BCUT2D eigenvalue weighted by Crippen LogP contribution is 2.37. The molecule has 2 amide bonds. The van der Waals surface area contributed by atoms with E-state index in [1.54, 1.807) is 44.2 Å². The Bertz CT molecular complexity index is 821. The first-order valence-corrected chi connectivity index (χ1v) is 8.40. The lowest BCUT2D eigenvalue weighted by molar-refractivity contribution is -0.139. The van der Waals surface area contributed by atoms with Gasteiger partial charge in [0.15, 0.2) is 0 Å². The van der Waals surface area contributed by atoms with E-state index in [1.807, 2.05) is 0 Å². The number of halogens is 2. The number of nitrogens with zero attached hydrogens (tertiary/aromatic N) is 1.